The zero-order valence-electron chi connectivity index (χ0n) is 16.8. The summed E-state index contributed by atoms with van der Waals surface area (Å²) in [6.45, 7) is 5.82. The molecule has 1 aromatic carbocycles. The van der Waals surface area contributed by atoms with E-state index < -0.39 is 5.97 Å². The molecule has 0 aliphatic heterocycles. The second-order valence-electron chi connectivity index (χ2n) is 6.60. The third kappa shape index (κ3) is 5.55. The van der Waals surface area contributed by atoms with E-state index in [-0.39, 0.29) is 12.5 Å². The molecule has 0 bridgehead atoms. The number of thiazole rings is 1. The summed E-state index contributed by atoms with van der Waals surface area (Å²) in [5, 5.41) is 10.0. The average Bonchev–Trinajstić information content (AvgIpc) is 3.24. The number of benzene rings is 1. The van der Waals surface area contributed by atoms with Crippen LogP contribution in [0.2, 0.25) is 5.02 Å². The van der Waals surface area contributed by atoms with Crippen molar-refractivity contribution in [2.75, 3.05) is 5.32 Å². The molecule has 0 spiro atoms. The molecule has 2 heterocycles. The van der Waals surface area contributed by atoms with Crippen LogP contribution in [0.3, 0.4) is 0 Å². The molecule has 0 aliphatic rings. The minimum atomic E-state index is -0.485. The highest BCUT2D eigenvalue weighted by Crippen LogP contribution is 2.20. The minimum absolute atomic E-state index is 0.0307. The summed E-state index contributed by atoms with van der Waals surface area (Å²) in [6.07, 6.45) is 3.07. The fraction of sp³-hybridized carbons (Fsp3) is 0.238. The van der Waals surface area contributed by atoms with Gasteiger partial charge in [0.15, 0.2) is 5.13 Å². The van der Waals surface area contributed by atoms with Crippen molar-refractivity contribution in [2.24, 2.45) is 0 Å². The molecule has 0 saturated heterocycles. The maximum Gasteiger partial charge on any atom is 0.331 e. The van der Waals surface area contributed by atoms with Crippen molar-refractivity contribution in [3.05, 3.63) is 69.0 Å². The molecular formula is C21H21ClN4O3S. The average molecular weight is 445 g/mol. The predicted molar refractivity (Wildman–Crippen MR) is 118 cm³/mol. The van der Waals surface area contributed by atoms with Crippen LogP contribution in [0.4, 0.5) is 5.13 Å². The molecule has 0 unspecified atom stereocenters. The number of halogens is 1. The Hall–Kier alpha value is -2.97. The molecular weight excluding hydrogens is 424 g/mol. The summed E-state index contributed by atoms with van der Waals surface area (Å²) in [7, 11) is 0. The van der Waals surface area contributed by atoms with Crippen LogP contribution in [0, 0.1) is 13.8 Å². The monoisotopic (exact) mass is 444 g/mol. The topological polar surface area (TPSA) is 86.1 Å². The molecule has 2 aromatic heterocycles. The van der Waals surface area contributed by atoms with Gasteiger partial charge in [-0.15, -0.1) is 11.3 Å². The first kappa shape index (κ1) is 21.7. The van der Waals surface area contributed by atoms with E-state index in [0.29, 0.717) is 22.4 Å². The van der Waals surface area contributed by atoms with Gasteiger partial charge in [0.05, 0.1) is 17.9 Å². The van der Waals surface area contributed by atoms with Gasteiger partial charge in [-0.05, 0) is 31.6 Å². The van der Waals surface area contributed by atoms with Crippen LogP contribution in [0.5, 0.6) is 0 Å². The molecule has 3 rings (SSSR count). The molecule has 0 saturated carbocycles. The molecule has 9 heteroatoms. The van der Waals surface area contributed by atoms with Crippen LogP contribution in [-0.2, 0) is 27.5 Å². The Morgan fingerprint density at radius 1 is 1.30 bits per heavy atom. The van der Waals surface area contributed by atoms with Gasteiger partial charge in [-0.1, -0.05) is 29.8 Å². The highest BCUT2D eigenvalue weighted by Gasteiger charge is 2.12. The van der Waals surface area contributed by atoms with E-state index in [1.54, 1.807) is 11.5 Å². The number of rotatable bonds is 7. The second-order valence-corrected chi connectivity index (χ2v) is 7.87. The lowest BCUT2D eigenvalue weighted by molar-refractivity contribution is -0.139. The summed E-state index contributed by atoms with van der Waals surface area (Å²) in [5.74, 6) is -0.682. The van der Waals surface area contributed by atoms with E-state index in [9.17, 15) is 9.59 Å². The second kappa shape index (κ2) is 9.69. The zero-order valence-corrected chi connectivity index (χ0v) is 18.4. The Bertz CT molecular complexity index is 1100. The fourth-order valence-corrected chi connectivity index (χ4v) is 3.76. The summed E-state index contributed by atoms with van der Waals surface area (Å²) in [4.78, 5) is 27.3. The third-order valence-corrected chi connectivity index (χ3v) is 5.47. The largest absolute Gasteiger partial charge is 0.456 e. The van der Waals surface area contributed by atoms with Crippen LogP contribution in [-0.4, -0.2) is 26.6 Å². The van der Waals surface area contributed by atoms with Gasteiger partial charge < -0.3 is 10.1 Å². The minimum Gasteiger partial charge on any atom is -0.456 e. The molecule has 1 amide bonds. The van der Waals surface area contributed by atoms with Gasteiger partial charge in [0.25, 0.3) is 0 Å². The Labute approximate surface area is 183 Å². The van der Waals surface area contributed by atoms with Crippen LogP contribution in [0.15, 0.2) is 35.7 Å². The Balaban J connectivity index is 1.62. The molecule has 3 aromatic rings. The van der Waals surface area contributed by atoms with Crippen molar-refractivity contribution in [1.29, 1.82) is 0 Å². The van der Waals surface area contributed by atoms with Crippen LogP contribution in [0.25, 0.3) is 6.08 Å². The van der Waals surface area contributed by atoms with Crippen LogP contribution >= 0.6 is 22.9 Å². The molecule has 1 N–H and O–H groups in total. The molecule has 7 nitrogen and oxygen atoms in total. The first-order valence-corrected chi connectivity index (χ1v) is 10.4. The van der Waals surface area contributed by atoms with Gasteiger partial charge in [0.1, 0.15) is 6.61 Å². The molecule has 156 valence electrons. The fourth-order valence-electron chi connectivity index (χ4n) is 2.82. The summed E-state index contributed by atoms with van der Waals surface area (Å²) in [5.41, 5.74) is 4.15. The maximum atomic E-state index is 12.1. The van der Waals surface area contributed by atoms with Crippen LogP contribution in [0.1, 0.15) is 35.1 Å². The summed E-state index contributed by atoms with van der Waals surface area (Å²) < 4.78 is 7.09. The number of hydrogen-bond donors (Lipinski definition) is 1. The van der Waals surface area contributed by atoms with E-state index in [4.69, 9.17) is 16.3 Å². The highest BCUT2D eigenvalue weighted by molar-refractivity contribution is 7.13. The van der Waals surface area contributed by atoms with Crippen molar-refractivity contribution in [3.8, 4) is 0 Å². The Morgan fingerprint density at radius 3 is 2.80 bits per heavy atom. The Morgan fingerprint density at radius 2 is 2.07 bits per heavy atom. The van der Waals surface area contributed by atoms with Crippen molar-refractivity contribution in [3.63, 3.8) is 0 Å². The van der Waals surface area contributed by atoms with Gasteiger partial charge >= 0.3 is 5.97 Å². The quantitative estimate of drug-likeness (QED) is 0.432. The summed E-state index contributed by atoms with van der Waals surface area (Å²) >= 11 is 7.52. The molecule has 0 radical (unpaired) electrons. The molecule has 0 atom stereocenters. The first-order chi connectivity index (χ1) is 14.3. The Kier molecular flexibility index (Phi) is 7.02. The number of anilines is 1. The van der Waals surface area contributed by atoms with Crippen molar-refractivity contribution in [1.82, 2.24) is 14.8 Å². The van der Waals surface area contributed by atoms with Crippen molar-refractivity contribution >= 4 is 46.0 Å². The zero-order chi connectivity index (χ0) is 21.7. The van der Waals surface area contributed by atoms with Crippen molar-refractivity contribution in [2.45, 2.75) is 33.9 Å². The predicted octanol–water partition coefficient (Wildman–Crippen LogP) is 4.37. The third-order valence-electron chi connectivity index (χ3n) is 4.30. The smallest absolute Gasteiger partial charge is 0.331 e. The number of ether oxygens (including phenoxy) is 1. The van der Waals surface area contributed by atoms with Gasteiger partial charge in [-0.2, -0.15) is 5.10 Å². The lowest BCUT2D eigenvalue weighted by Gasteiger charge is -2.06. The first-order valence-electron chi connectivity index (χ1n) is 9.17. The molecule has 0 aliphatic carbocycles. The highest BCUT2D eigenvalue weighted by atomic mass is 35.5. The molecule has 30 heavy (non-hydrogen) atoms. The van der Waals surface area contributed by atoms with E-state index in [2.05, 4.69) is 15.4 Å². The number of hydrogen-bond acceptors (Lipinski definition) is 6. The normalized spacial score (nSPS) is 11.1. The number of esters is 1. The van der Waals surface area contributed by atoms with Gasteiger partial charge in [-0.25, -0.2) is 9.78 Å². The van der Waals surface area contributed by atoms with Gasteiger partial charge in [0.2, 0.25) is 5.91 Å². The van der Waals surface area contributed by atoms with E-state index in [1.807, 2.05) is 42.8 Å². The molecule has 0 fully saturated rings. The number of nitrogens with zero attached hydrogens (tertiary/aromatic N) is 3. The maximum absolute atomic E-state index is 12.1. The standard InChI is InChI=1S/C21H21ClN4O3S/c1-13-18(14(2)26(25-13)10-16-6-4-5-7-19(16)22)8-9-20(28)29-11-17-12-30-21(24-17)23-15(3)27/h4-9,12H,10-11H2,1-3H3,(H,23,24,27)/b9-8+. The SMILES string of the molecule is CC(=O)Nc1nc(COC(=O)/C=C/c2c(C)nn(Cc3ccccc3Cl)c2C)cs1. The van der Waals surface area contributed by atoms with Gasteiger partial charge in [-0.3, -0.25) is 9.48 Å². The van der Waals surface area contributed by atoms with Crippen LogP contribution < -0.4 is 5.32 Å². The number of carbonyl (C=O) groups excluding carboxylic acids is 2. The van der Waals surface area contributed by atoms with E-state index in [1.165, 1.54) is 24.3 Å². The van der Waals surface area contributed by atoms with Crippen molar-refractivity contribution < 1.29 is 14.3 Å². The van der Waals surface area contributed by atoms with Gasteiger partial charge in [0, 0.05) is 34.7 Å². The number of amides is 1. The lowest BCUT2D eigenvalue weighted by Crippen LogP contribution is -2.06. The number of aryl methyl sites for hydroxylation is 1. The number of carbonyl (C=O) groups is 2. The lowest BCUT2D eigenvalue weighted by atomic mass is 10.1. The number of nitrogens with one attached hydrogen (secondary N) is 1. The van der Waals surface area contributed by atoms with E-state index in [0.717, 1.165) is 22.5 Å². The number of aromatic nitrogens is 3. The summed E-state index contributed by atoms with van der Waals surface area (Å²) in [6, 6.07) is 7.63. The van der Waals surface area contributed by atoms with E-state index >= 15 is 0 Å².